The molecule has 0 saturated carbocycles. The Morgan fingerprint density at radius 3 is 3.29 bits per heavy atom. The predicted octanol–water partition coefficient (Wildman–Crippen LogP) is 0.377. The lowest BCUT2D eigenvalue weighted by atomic mass is 10.2. The summed E-state index contributed by atoms with van der Waals surface area (Å²) < 4.78 is 2.07. The van der Waals surface area contributed by atoms with Crippen LogP contribution < -0.4 is 10.7 Å². The number of hydrogen-bond acceptors (Lipinski definition) is 2. The average Bonchev–Trinajstić information content (AvgIpc) is 2.55. The fourth-order valence-corrected chi connectivity index (χ4v) is 2.05. The van der Waals surface area contributed by atoms with Gasteiger partial charge in [0, 0.05) is 30.4 Å². The van der Waals surface area contributed by atoms with Crippen LogP contribution in [0.5, 0.6) is 0 Å². The third-order valence-electron chi connectivity index (χ3n) is 2.69. The highest BCUT2D eigenvalue weighted by atomic mass is 15.0. The molecule has 0 N–H and O–H groups in total. The summed E-state index contributed by atoms with van der Waals surface area (Å²) in [4.78, 5) is 8.89. The lowest BCUT2D eigenvalue weighted by Gasteiger charge is -1.96. The van der Waals surface area contributed by atoms with Crippen LogP contribution in [0.1, 0.15) is 6.42 Å². The van der Waals surface area contributed by atoms with Gasteiger partial charge in [-0.05, 0) is 18.6 Å². The first-order valence-corrected chi connectivity index (χ1v) is 4.82. The van der Waals surface area contributed by atoms with Gasteiger partial charge in [-0.15, -0.1) is 0 Å². The standard InChI is InChI=1S/C11H11N3/c1-14-10-8(4-2-6-12-10)9-5-3-7-13-11(9)14/h2,4-6H,3,7H2,1H3. The van der Waals surface area contributed by atoms with E-state index in [4.69, 9.17) is 0 Å². The summed E-state index contributed by atoms with van der Waals surface area (Å²) in [7, 11) is 2.02. The first-order chi connectivity index (χ1) is 6.88. The molecular weight excluding hydrogens is 174 g/mol. The fraction of sp³-hybridized carbons (Fsp3) is 0.273. The van der Waals surface area contributed by atoms with Gasteiger partial charge < -0.3 is 4.57 Å². The molecule has 14 heavy (non-hydrogen) atoms. The van der Waals surface area contributed by atoms with Gasteiger partial charge in [-0.3, -0.25) is 4.99 Å². The molecule has 3 heteroatoms. The molecule has 0 atom stereocenters. The lowest BCUT2D eigenvalue weighted by Crippen LogP contribution is -2.30. The number of hydrogen-bond donors (Lipinski definition) is 0. The van der Waals surface area contributed by atoms with Gasteiger partial charge in [-0.2, -0.15) is 0 Å². The van der Waals surface area contributed by atoms with E-state index in [1.807, 2.05) is 19.3 Å². The van der Waals surface area contributed by atoms with E-state index in [9.17, 15) is 0 Å². The third-order valence-corrected chi connectivity index (χ3v) is 2.69. The maximum absolute atomic E-state index is 4.52. The van der Waals surface area contributed by atoms with Gasteiger partial charge in [0.15, 0.2) is 0 Å². The molecule has 0 spiro atoms. The molecule has 3 heterocycles. The maximum atomic E-state index is 4.52. The summed E-state index contributed by atoms with van der Waals surface area (Å²) in [6, 6.07) is 4.09. The van der Waals surface area contributed by atoms with E-state index in [0.717, 1.165) is 24.1 Å². The van der Waals surface area contributed by atoms with E-state index in [0.29, 0.717) is 0 Å². The lowest BCUT2D eigenvalue weighted by molar-refractivity contribution is 0.821. The minimum Gasteiger partial charge on any atom is -0.313 e. The van der Waals surface area contributed by atoms with Crippen LogP contribution >= 0.6 is 0 Å². The molecule has 2 aromatic heterocycles. The second-order valence-corrected chi connectivity index (χ2v) is 3.55. The minimum atomic E-state index is 0.900. The second-order valence-electron chi connectivity index (χ2n) is 3.55. The van der Waals surface area contributed by atoms with Gasteiger partial charge in [0.2, 0.25) is 0 Å². The van der Waals surface area contributed by atoms with Crippen LogP contribution in [0.25, 0.3) is 17.1 Å². The Morgan fingerprint density at radius 2 is 2.36 bits per heavy atom. The van der Waals surface area contributed by atoms with Crippen molar-refractivity contribution in [2.45, 2.75) is 6.42 Å². The van der Waals surface area contributed by atoms with E-state index < -0.39 is 0 Å². The molecule has 3 rings (SSSR count). The topological polar surface area (TPSA) is 30.2 Å². The summed E-state index contributed by atoms with van der Waals surface area (Å²) in [6.45, 7) is 0.900. The van der Waals surface area contributed by atoms with Crippen LogP contribution in [0.4, 0.5) is 0 Å². The van der Waals surface area contributed by atoms with Crippen LogP contribution in [0.3, 0.4) is 0 Å². The smallest absolute Gasteiger partial charge is 0.141 e. The molecule has 0 unspecified atom stereocenters. The van der Waals surface area contributed by atoms with Crippen LogP contribution in [0.15, 0.2) is 23.3 Å². The summed E-state index contributed by atoms with van der Waals surface area (Å²) >= 11 is 0. The zero-order chi connectivity index (χ0) is 9.54. The quantitative estimate of drug-likeness (QED) is 0.583. The van der Waals surface area contributed by atoms with E-state index in [2.05, 4.69) is 26.7 Å². The van der Waals surface area contributed by atoms with Crippen molar-refractivity contribution < 1.29 is 0 Å². The average molecular weight is 185 g/mol. The zero-order valence-electron chi connectivity index (χ0n) is 8.07. The monoisotopic (exact) mass is 185 g/mol. The van der Waals surface area contributed by atoms with E-state index in [-0.39, 0.29) is 0 Å². The summed E-state index contributed by atoms with van der Waals surface area (Å²) in [5, 5.41) is 2.47. The van der Waals surface area contributed by atoms with Gasteiger partial charge in [0.05, 0.1) is 0 Å². The first-order valence-electron chi connectivity index (χ1n) is 4.82. The third kappa shape index (κ3) is 0.867. The van der Waals surface area contributed by atoms with Crippen molar-refractivity contribution in [2.75, 3.05) is 6.54 Å². The van der Waals surface area contributed by atoms with Crippen LogP contribution in [0.2, 0.25) is 0 Å². The van der Waals surface area contributed by atoms with E-state index >= 15 is 0 Å². The molecule has 1 aliphatic rings. The molecule has 1 aliphatic heterocycles. The van der Waals surface area contributed by atoms with Crippen molar-refractivity contribution in [2.24, 2.45) is 12.0 Å². The van der Waals surface area contributed by atoms with Gasteiger partial charge in [-0.1, -0.05) is 6.08 Å². The molecule has 0 bridgehead atoms. The van der Waals surface area contributed by atoms with Crippen molar-refractivity contribution in [3.8, 4) is 0 Å². The fourth-order valence-electron chi connectivity index (χ4n) is 2.05. The minimum absolute atomic E-state index is 0.900. The maximum Gasteiger partial charge on any atom is 0.141 e. The van der Waals surface area contributed by atoms with Gasteiger partial charge in [-0.25, -0.2) is 4.98 Å². The van der Waals surface area contributed by atoms with Crippen molar-refractivity contribution in [1.29, 1.82) is 0 Å². The Balaban J connectivity index is 2.68. The van der Waals surface area contributed by atoms with E-state index in [1.54, 1.807) is 0 Å². The van der Waals surface area contributed by atoms with Crippen LogP contribution in [-0.4, -0.2) is 16.1 Å². The first kappa shape index (κ1) is 7.74. The molecule has 0 amide bonds. The van der Waals surface area contributed by atoms with Crippen molar-refractivity contribution in [3.63, 3.8) is 0 Å². The molecule has 0 aliphatic carbocycles. The van der Waals surface area contributed by atoms with Gasteiger partial charge in [0.1, 0.15) is 11.1 Å². The van der Waals surface area contributed by atoms with Gasteiger partial charge in [0.25, 0.3) is 0 Å². The highest BCUT2D eigenvalue weighted by Crippen LogP contribution is 2.04. The Hall–Kier alpha value is -1.64. The number of rotatable bonds is 0. The summed E-state index contributed by atoms with van der Waals surface area (Å²) in [5.41, 5.74) is 2.10. The second kappa shape index (κ2) is 2.67. The predicted molar refractivity (Wildman–Crippen MR) is 55.4 cm³/mol. The van der Waals surface area contributed by atoms with Crippen LogP contribution in [0, 0.1) is 0 Å². The van der Waals surface area contributed by atoms with Crippen molar-refractivity contribution in [1.82, 2.24) is 9.55 Å². The Kier molecular flexibility index (Phi) is 1.48. The molecule has 0 aromatic carbocycles. The van der Waals surface area contributed by atoms with Crippen LogP contribution in [-0.2, 0) is 7.05 Å². The number of nitrogens with zero attached hydrogens (tertiary/aromatic N) is 3. The van der Waals surface area contributed by atoms with Crippen molar-refractivity contribution >= 4 is 17.1 Å². The van der Waals surface area contributed by atoms with Crippen molar-refractivity contribution in [3.05, 3.63) is 29.0 Å². The molecule has 0 radical (unpaired) electrons. The zero-order valence-corrected chi connectivity index (χ0v) is 8.07. The number of aryl methyl sites for hydroxylation is 1. The van der Waals surface area contributed by atoms with Gasteiger partial charge >= 0.3 is 0 Å². The number of pyridine rings is 1. The number of aromatic nitrogens is 2. The Labute approximate surface area is 81.4 Å². The highest BCUT2D eigenvalue weighted by molar-refractivity contribution is 5.77. The molecule has 3 nitrogen and oxygen atoms in total. The largest absolute Gasteiger partial charge is 0.313 e. The summed E-state index contributed by atoms with van der Waals surface area (Å²) in [6.07, 6.45) is 5.13. The number of fused-ring (bicyclic) bond motifs is 3. The van der Waals surface area contributed by atoms with E-state index in [1.165, 1.54) is 10.6 Å². The molecule has 0 saturated heterocycles. The Bertz CT molecular complexity index is 607. The molecular formula is C11H11N3. The Morgan fingerprint density at radius 1 is 1.43 bits per heavy atom. The SMILES string of the molecule is Cn1c2c(c3cccnc31)=CCCN=2. The molecule has 0 fully saturated rings. The molecule has 70 valence electrons. The summed E-state index contributed by atoms with van der Waals surface area (Å²) in [5.74, 6) is 0. The highest BCUT2D eigenvalue weighted by Gasteiger charge is 2.07. The molecule has 2 aromatic rings. The normalized spacial score (nSPS) is 14.6.